The van der Waals surface area contributed by atoms with E-state index in [2.05, 4.69) is 10.4 Å². The van der Waals surface area contributed by atoms with Crippen molar-refractivity contribution in [1.29, 1.82) is 0 Å². The lowest BCUT2D eigenvalue weighted by Crippen LogP contribution is -2.27. The van der Waals surface area contributed by atoms with Crippen LogP contribution in [0.15, 0.2) is 48.1 Å². The van der Waals surface area contributed by atoms with E-state index >= 15 is 0 Å². The summed E-state index contributed by atoms with van der Waals surface area (Å²) in [5.41, 5.74) is 1.93. The van der Waals surface area contributed by atoms with Crippen molar-refractivity contribution in [2.75, 3.05) is 13.2 Å². The lowest BCUT2D eigenvalue weighted by atomic mass is 10.1. The highest BCUT2D eigenvalue weighted by atomic mass is 32.1. The zero-order valence-electron chi connectivity index (χ0n) is 13.6. The van der Waals surface area contributed by atoms with Crippen LogP contribution in [0.2, 0.25) is 0 Å². The summed E-state index contributed by atoms with van der Waals surface area (Å²) in [5.74, 6) is 1.02. The van der Waals surface area contributed by atoms with Gasteiger partial charge in [-0.1, -0.05) is 18.2 Å². The minimum Gasteiger partial charge on any atom is -0.485 e. The highest BCUT2D eigenvalue weighted by molar-refractivity contribution is 7.12. The van der Waals surface area contributed by atoms with Crippen molar-refractivity contribution >= 4 is 17.2 Å². The number of fused-ring (bicyclic) bond motifs is 1. The minimum atomic E-state index is -0.185. The van der Waals surface area contributed by atoms with E-state index in [4.69, 9.17) is 9.47 Å². The Hall–Kier alpha value is -2.80. The Morgan fingerprint density at radius 3 is 2.96 bits per heavy atom. The number of nitrogens with zero attached hydrogens (tertiary/aromatic N) is 2. The first-order chi connectivity index (χ1) is 12.2. The molecular formula is C18H17N3O3S. The predicted octanol–water partition coefficient (Wildman–Crippen LogP) is 3.20. The third kappa shape index (κ3) is 2.98. The van der Waals surface area contributed by atoms with Crippen molar-refractivity contribution in [3.63, 3.8) is 0 Å². The maximum absolute atomic E-state index is 12.7. The number of hydrogen-bond donors (Lipinski definition) is 1. The lowest BCUT2D eigenvalue weighted by molar-refractivity contribution is 0.0935. The van der Waals surface area contributed by atoms with Crippen LogP contribution in [0.5, 0.6) is 11.5 Å². The fraction of sp³-hybridized carbons (Fsp3) is 0.222. The molecule has 3 aromatic rings. The van der Waals surface area contributed by atoms with Crippen molar-refractivity contribution in [3.8, 4) is 17.2 Å². The predicted molar refractivity (Wildman–Crippen MR) is 94.8 cm³/mol. The molecule has 0 fully saturated rings. The average Bonchev–Trinajstić information content (AvgIpc) is 3.31. The first kappa shape index (κ1) is 15.7. The van der Waals surface area contributed by atoms with Gasteiger partial charge in [0.25, 0.3) is 5.91 Å². The van der Waals surface area contributed by atoms with Crippen LogP contribution in [0.4, 0.5) is 0 Å². The number of benzene rings is 1. The lowest BCUT2D eigenvalue weighted by Gasteiger charge is -2.19. The summed E-state index contributed by atoms with van der Waals surface area (Å²) in [5, 5.41) is 9.14. The molecule has 3 heterocycles. The molecule has 6 nitrogen and oxygen atoms in total. The van der Waals surface area contributed by atoms with E-state index in [0.29, 0.717) is 29.6 Å². The first-order valence-electron chi connectivity index (χ1n) is 8.01. The van der Waals surface area contributed by atoms with E-state index in [1.54, 1.807) is 10.9 Å². The van der Waals surface area contributed by atoms with Crippen LogP contribution in [0.25, 0.3) is 5.69 Å². The molecule has 7 heteroatoms. The fourth-order valence-corrected chi connectivity index (χ4v) is 3.67. The quantitative estimate of drug-likeness (QED) is 0.781. The van der Waals surface area contributed by atoms with Gasteiger partial charge in [0.05, 0.1) is 11.7 Å². The van der Waals surface area contributed by atoms with Crippen molar-refractivity contribution < 1.29 is 14.3 Å². The topological polar surface area (TPSA) is 65.4 Å². The van der Waals surface area contributed by atoms with Crippen LogP contribution in [0.3, 0.4) is 0 Å². The number of ether oxygens (including phenoxy) is 2. The van der Waals surface area contributed by atoms with Crippen LogP contribution < -0.4 is 14.8 Å². The Balaban J connectivity index is 1.58. The molecule has 0 radical (unpaired) electrons. The fourth-order valence-electron chi connectivity index (χ4n) is 2.83. The maximum atomic E-state index is 12.7. The molecule has 0 saturated heterocycles. The molecule has 0 bridgehead atoms. The number of rotatable bonds is 4. The van der Waals surface area contributed by atoms with Gasteiger partial charge in [-0.05, 0) is 24.6 Å². The molecule has 1 aromatic carbocycles. The second-order valence-electron chi connectivity index (χ2n) is 5.66. The van der Waals surface area contributed by atoms with Crippen LogP contribution in [-0.2, 0) is 0 Å². The standard InChI is InChI=1S/C18H17N3O3S/c1-12(13-5-2-3-6-14(13)21-8-4-7-19-21)20-18(22)17-16-15(11-25-17)23-9-10-24-16/h2-8,11-12H,9-10H2,1H3,(H,20,22)/t12-/m0/s1. The van der Waals surface area contributed by atoms with Gasteiger partial charge in [-0.15, -0.1) is 11.3 Å². The number of thiophene rings is 1. The smallest absolute Gasteiger partial charge is 0.265 e. The highest BCUT2D eigenvalue weighted by Gasteiger charge is 2.25. The Kier molecular flexibility index (Phi) is 4.15. The van der Waals surface area contributed by atoms with Crippen LogP contribution in [0, 0.1) is 0 Å². The van der Waals surface area contributed by atoms with E-state index in [0.717, 1.165) is 11.3 Å². The molecule has 25 heavy (non-hydrogen) atoms. The molecule has 1 amide bonds. The number of nitrogens with one attached hydrogen (secondary N) is 1. The van der Waals surface area contributed by atoms with Gasteiger partial charge in [-0.2, -0.15) is 5.10 Å². The number of carbonyl (C=O) groups excluding carboxylic acids is 1. The molecule has 1 aliphatic heterocycles. The number of hydrogen-bond acceptors (Lipinski definition) is 5. The van der Waals surface area contributed by atoms with E-state index in [9.17, 15) is 4.79 Å². The molecule has 0 unspecified atom stereocenters. The molecular weight excluding hydrogens is 338 g/mol. The Labute approximate surface area is 149 Å². The van der Waals surface area contributed by atoms with E-state index < -0.39 is 0 Å². The minimum absolute atomic E-state index is 0.167. The third-order valence-electron chi connectivity index (χ3n) is 4.01. The van der Waals surface area contributed by atoms with Crippen LogP contribution >= 0.6 is 11.3 Å². The van der Waals surface area contributed by atoms with E-state index in [-0.39, 0.29) is 11.9 Å². The van der Waals surface area contributed by atoms with Crippen molar-refractivity contribution in [2.45, 2.75) is 13.0 Å². The second-order valence-corrected chi connectivity index (χ2v) is 6.54. The van der Waals surface area contributed by atoms with Crippen molar-refractivity contribution in [3.05, 3.63) is 58.5 Å². The largest absolute Gasteiger partial charge is 0.485 e. The molecule has 1 atom stereocenters. The molecule has 4 rings (SSSR count). The molecule has 128 valence electrons. The average molecular weight is 355 g/mol. The van der Waals surface area contributed by atoms with Gasteiger partial charge < -0.3 is 14.8 Å². The van der Waals surface area contributed by atoms with Gasteiger partial charge in [0.15, 0.2) is 11.5 Å². The SMILES string of the molecule is C[C@H](NC(=O)c1scc2c1OCCO2)c1ccccc1-n1cccn1. The van der Waals surface area contributed by atoms with Gasteiger partial charge in [0.1, 0.15) is 18.1 Å². The molecule has 0 aliphatic carbocycles. The summed E-state index contributed by atoms with van der Waals surface area (Å²) >= 11 is 1.33. The number of aromatic nitrogens is 2. The molecule has 2 aromatic heterocycles. The van der Waals surface area contributed by atoms with Crippen molar-refractivity contribution in [2.24, 2.45) is 0 Å². The number of carbonyl (C=O) groups is 1. The van der Waals surface area contributed by atoms with Crippen molar-refractivity contribution in [1.82, 2.24) is 15.1 Å². The Morgan fingerprint density at radius 2 is 2.12 bits per heavy atom. The molecule has 1 N–H and O–H groups in total. The normalized spacial score (nSPS) is 14.1. The first-order valence-corrected chi connectivity index (χ1v) is 8.89. The van der Waals surface area contributed by atoms with Gasteiger partial charge in [-0.3, -0.25) is 4.79 Å². The Morgan fingerprint density at radius 1 is 1.28 bits per heavy atom. The van der Waals surface area contributed by atoms with Crippen LogP contribution in [0.1, 0.15) is 28.2 Å². The van der Waals surface area contributed by atoms with Crippen LogP contribution in [-0.4, -0.2) is 28.9 Å². The number of amides is 1. The highest BCUT2D eigenvalue weighted by Crippen LogP contribution is 2.39. The third-order valence-corrected chi connectivity index (χ3v) is 4.95. The van der Waals surface area contributed by atoms with Gasteiger partial charge in [-0.25, -0.2) is 4.68 Å². The molecule has 1 aliphatic rings. The molecule has 0 saturated carbocycles. The van der Waals surface area contributed by atoms with E-state index in [1.165, 1.54) is 11.3 Å². The second kappa shape index (κ2) is 6.60. The summed E-state index contributed by atoms with van der Waals surface area (Å²) in [7, 11) is 0. The Bertz CT molecular complexity index is 889. The monoisotopic (exact) mass is 355 g/mol. The summed E-state index contributed by atoms with van der Waals surface area (Å²) in [6.45, 7) is 2.93. The summed E-state index contributed by atoms with van der Waals surface area (Å²) in [6.07, 6.45) is 3.61. The summed E-state index contributed by atoms with van der Waals surface area (Å²) < 4.78 is 12.9. The van der Waals surface area contributed by atoms with Gasteiger partial charge in [0.2, 0.25) is 0 Å². The zero-order chi connectivity index (χ0) is 17.2. The molecule has 0 spiro atoms. The van der Waals surface area contributed by atoms with E-state index in [1.807, 2.05) is 48.8 Å². The maximum Gasteiger partial charge on any atom is 0.265 e. The van der Waals surface area contributed by atoms with Gasteiger partial charge in [0, 0.05) is 17.8 Å². The number of para-hydroxylation sites is 1. The zero-order valence-corrected chi connectivity index (χ0v) is 14.5. The van der Waals surface area contributed by atoms with Gasteiger partial charge >= 0.3 is 0 Å². The summed E-state index contributed by atoms with van der Waals surface area (Å²) in [4.78, 5) is 13.2. The summed E-state index contributed by atoms with van der Waals surface area (Å²) in [6, 6.07) is 9.57.